The third-order valence-electron chi connectivity index (χ3n) is 2.67. The number of rotatable bonds is 5. The van der Waals surface area contributed by atoms with Crippen LogP contribution in [0.5, 0.6) is 0 Å². The zero-order chi connectivity index (χ0) is 14.4. The molecule has 0 aliphatic carbocycles. The fourth-order valence-electron chi connectivity index (χ4n) is 1.70. The number of ether oxygens (including phenoxy) is 1. The quantitative estimate of drug-likeness (QED) is 0.644. The van der Waals surface area contributed by atoms with Gasteiger partial charge >= 0.3 is 5.97 Å². The summed E-state index contributed by atoms with van der Waals surface area (Å²) in [7, 11) is 1.31. The van der Waals surface area contributed by atoms with Gasteiger partial charge in [-0.15, -0.1) is 12.4 Å². The van der Waals surface area contributed by atoms with Crippen molar-refractivity contribution in [3.63, 3.8) is 0 Å². The van der Waals surface area contributed by atoms with Crippen molar-refractivity contribution in [1.29, 1.82) is 0 Å². The zero-order valence-corrected chi connectivity index (χ0v) is 12.7. The molecule has 1 amide bonds. The third kappa shape index (κ3) is 5.48. The second kappa shape index (κ2) is 8.43. The van der Waals surface area contributed by atoms with E-state index in [0.29, 0.717) is 17.7 Å². The molecule has 1 aromatic carbocycles. The lowest BCUT2D eigenvalue weighted by Gasteiger charge is -2.18. The lowest BCUT2D eigenvalue weighted by molar-refractivity contribution is -0.143. The fraction of sp³-hybridized carbons (Fsp3) is 0.429. The number of nitrogens with two attached hydrogens (primary N) is 1. The number of hydrogen-bond acceptors (Lipinski definition) is 4. The minimum absolute atomic E-state index is 0. The lowest BCUT2D eigenvalue weighted by Crippen LogP contribution is -2.42. The van der Waals surface area contributed by atoms with Gasteiger partial charge in [-0.25, -0.2) is 4.79 Å². The topological polar surface area (TPSA) is 81.4 Å². The number of amides is 1. The van der Waals surface area contributed by atoms with Gasteiger partial charge in [-0.3, -0.25) is 4.79 Å². The van der Waals surface area contributed by atoms with E-state index in [1.165, 1.54) is 7.11 Å². The summed E-state index contributed by atoms with van der Waals surface area (Å²) in [6.45, 7) is 3.95. The van der Waals surface area contributed by atoms with Crippen LogP contribution in [0.25, 0.3) is 0 Å². The molecule has 6 heteroatoms. The smallest absolute Gasteiger partial charge is 0.328 e. The maximum atomic E-state index is 12.0. The first-order valence-corrected chi connectivity index (χ1v) is 6.18. The van der Waals surface area contributed by atoms with Gasteiger partial charge in [-0.2, -0.15) is 0 Å². The lowest BCUT2D eigenvalue weighted by atomic mass is 10.0. The molecule has 0 aliphatic heterocycles. The Hall–Kier alpha value is -1.75. The van der Waals surface area contributed by atoms with E-state index in [0.717, 1.165) is 0 Å². The van der Waals surface area contributed by atoms with E-state index in [4.69, 9.17) is 10.5 Å². The Balaban J connectivity index is 0.00000361. The van der Waals surface area contributed by atoms with E-state index in [-0.39, 0.29) is 24.2 Å². The molecular weight excluding hydrogens is 280 g/mol. The molecule has 0 aliphatic rings. The number of halogens is 1. The molecule has 1 aromatic rings. The molecule has 20 heavy (non-hydrogen) atoms. The van der Waals surface area contributed by atoms with Crippen LogP contribution in [0.1, 0.15) is 30.6 Å². The average Bonchev–Trinajstić information content (AvgIpc) is 2.37. The van der Waals surface area contributed by atoms with Crippen LogP contribution < -0.4 is 11.1 Å². The Morgan fingerprint density at radius 1 is 1.25 bits per heavy atom. The van der Waals surface area contributed by atoms with E-state index in [1.54, 1.807) is 24.3 Å². The van der Waals surface area contributed by atoms with E-state index in [2.05, 4.69) is 5.32 Å². The molecule has 0 radical (unpaired) electrons. The van der Waals surface area contributed by atoms with Crippen LogP contribution in [0.3, 0.4) is 0 Å². The van der Waals surface area contributed by atoms with E-state index >= 15 is 0 Å². The van der Waals surface area contributed by atoms with Crippen LogP contribution in [0.15, 0.2) is 24.3 Å². The van der Waals surface area contributed by atoms with Crippen molar-refractivity contribution >= 4 is 30.0 Å². The standard InChI is InChI=1S/C14H20N2O3.ClH/c1-9(2)8-12(14(18)19-3)16-13(17)10-4-6-11(15)7-5-10;/h4-7,9,12H,8,15H2,1-3H3,(H,16,17);1H. The first-order chi connectivity index (χ1) is 8.93. The first-order valence-electron chi connectivity index (χ1n) is 6.18. The van der Waals surface area contributed by atoms with Crippen LogP contribution in [0, 0.1) is 5.92 Å². The molecule has 0 spiro atoms. The summed E-state index contributed by atoms with van der Waals surface area (Å²) in [4.78, 5) is 23.6. The molecule has 1 rings (SSSR count). The van der Waals surface area contributed by atoms with Gasteiger partial charge in [0.25, 0.3) is 5.91 Å². The Labute approximate surface area is 125 Å². The summed E-state index contributed by atoms with van der Waals surface area (Å²) < 4.78 is 4.70. The molecule has 0 saturated heterocycles. The highest BCUT2D eigenvalue weighted by Crippen LogP contribution is 2.09. The number of carbonyl (C=O) groups is 2. The number of nitrogens with one attached hydrogen (secondary N) is 1. The van der Waals surface area contributed by atoms with Crippen molar-refractivity contribution < 1.29 is 14.3 Å². The van der Waals surface area contributed by atoms with Gasteiger partial charge in [0.1, 0.15) is 6.04 Å². The Morgan fingerprint density at radius 2 is 1.80 bits per heavy atom. The maximum absolute atomic E-state index is 12.0. The van der Waals surface area contributed by atoms with E-state index in [1.807, 2.05) is 13.8 Å². The number of methoxy groups -OCH3 is 1. The Bertz CT molecular complexity index is 446. The Kier molecular flexibility index (Phi) is 7.69. The largest absolute Gasteiger partial charge is 0.467 e. The van der Waals surface area contributed by atoms with Crippen LogP contribution in [0.4, 0.5) is 5.69 Å². The average molecular weight is 301 g/mol. The number of hydrogen-bond donors (Lipinski definition) is 2. The maximum Gasteiger partial charge on any atom is 0.328 e. The summed E-state index contributed by atoms with van der Waals surface area (Å²) in [6, 6.07) is 5.90. The SMILES string of the molecule is COC(=O)C(CC(C)C)NC(=O)c1ccc(N)cc1.Cl. The molecule has 0 saturated carbocycles. The molecule has 0 fully saturated rings. The molecule has 5 nitrogen and oxygen atoms in total. The van der Waals surface area contributed by atoms with Gasteiger partial charge in [0.15, 0.2) is 0 Å². The minimum Gasteiger partial charge on any atom is -0.467 e. The van der Waals surface area contributed by atoms with Crippen molar-refractivity contribution in [2.24, 2.45) is 5.92 Å². The number of nitrogen functional groups attached to an aromatic ring is 1. The van der Waals surface area contributed by atoms with Crippen molar-refractivity contribution in [2.45, 2.75) is 26.3 Å². The van der Waals surface area contributed by atoms with Crippen molar-refractivity contribution in [3.8, 4) is 0 Å². The van der Waals surface area contributed by atoms with Gasteiger partial charge < -0.3 is 15.8 Å². The van der Waals surface area contributed by atoms with Crippen LogP contribution >= 0.6 is 12.4 Å². The summed E-state index contributed by atoms with van der Waals surface area (Å²) in [6.07, 6.45) is 0.535. The minimum atomic E-state index is -0.630. The van der Waals surface area contributed by atoms with Crippen molar-refractivity contribution in [2.75, 3.05) is 12.8 Å². The van der Waals surface area contributed by atoms with Crippen molar-refractivity contribution in [3.05, 3.63) is 29.8 Å². The summed E-state index contributed by atoms with van der Waals surface area (Å²) >= 11 is 0. The molecule has 3 N–H and O–H groups in total. The van der Waals surface area contributed by atoms with Gasteiger partial charge in [-0.05, 0) is 36.6 Å². The van der Waals surface area contributed by atoms with Gasteiger partial charge in [-0.1, -0.05) is 13.8 Å². The second-order valence-corrected chi connectivity index (χ2v) is 4.80. The van der Waals surface area contributed by atoms with E-state index < -0.39 is 12.0 Å². The van der Waals surface area contributed by atoms with Crippen LogP contribution in [0.2, 0.25) is 0 Å². The van der Waals surface area contributed by atoms with Gasteiger partial charge in [0.05, 0.1) is 7.11 Å². The highest BCUT2D eigenvalue weighted by molar-refractivity contribution is 5.97. The van der Waals surface area contributed by atoms with Gasteiger partial charge in [0, 0.05) is 11.3 Å². The molecule has 1 unspecified atom stereocenters. The monoisotopic (exact) mass is 300 g/mol. The highest BCUT2D eigenvalue weighted by Gasteiger charge is 2.22. The Morgan fingerprint density at radius 3 is 2.25 bits per heavy atom. The summed E-state index contributed by atoms with van der Waals surface area (Å²) in [5, 5.41) is 2.68. The first kappa shape index (κ1) is 18.2. The third-order valence-corrected chi connectivity index (χ3v) is 2.67. The predicted molar refractivity (Wildman–Crippen MR) is 80.8 cm³/mol. The van der Waals surface area contributed by atoms with Gasteiger partial charge in [0.2, 0.25) is 0 Å². The molecule has 0 bridgehead atoms. The molecular formula is C14H21ClN2O3. The number of carbonyl (C=O) groups excluding carboxylic acids is 2. The van der Waals surface area contributed by atoms with Crippen LogP contribution in [-0.2, 0) is 9.53 Å². The van der Waals surface area contributed by atoms with Crippen molar-refractivity contribution in [1.82, 2.24) is 5.32 Å². The van der Waals surface area contributed by atoms with E-state index in [9.17, 15) is 9.59 Å². The molecule has 1 atom stereocenters. The normalized spacial score (nSPS) is 11.4. The number of anilines is 1. The number of benzene rings is 1. The highest BCUT2D eigenvalue weighted by atomic mass is 35.5. The predicted octanol–water partition coefficient (Wildman–Crippen LogP) is 2.01. The summed E-state index contributed by atoms with van der Waals surface area (Å²) in [5.41, 5.74) is 6.61. The number of esters is 1. The zero-order valence-electron chi connectivity index (χ0n) is 11.9. The fourth-order valence-corrected chi connectivity index (χ4v) is 1.70. The molecule has 112 valence electrons. The van der Waals surface area contributed by atoms with Crippen LogP contribution in [-0.4, -0.2) is 25.0 Å². The molecule has 0 heterocycles. The molecule has 0 aromatic heterocycles. The second-order valence-electron chi connectivity index (χ2n) is 4.80. The summed E-state index contributed by atoms with van der Waals surface area (Å²) in [5.74, 6) is -0.468.